The minimum absolute atomic E-state index is 0.00839. The maximum absolute atomic E-state index is 11.7. The zero-order chi connectivity index (χ0) is 15.2. The molecule has 1 aliphatic carbocycles. The highest BCUT2D eigenvalue weighted by Gasteiger charge is 2.20. The van der Waals surface area contributed by atoms with E-state index in [1.54, 1.807) is 7.11 Å². The number of amides is 1. The number of anilines is 2. The van der Waals surface area contributed by atoms with Crippen LogP contribution in [0.25, 0.3) is 0 Å². The molecule has 0 radical (unpaired) electrons. The van der Waals surface area contributed by atoms with E-state index >= 15 is 0 Å². The first kappa shape index (κ1) is 15.8. The molecule has 1 fully saturated rings. The third-order valence-electron chi connectivity index (χ3n) is 4.03. The van der Waals surface area contributed by atoms with Crippen molar-refractivity contribution in [1.29, 1.82) is 0 Å². The lowest BCUT2D eigenvalue weighted by Crippen LogP contribution is -2.29. The van der Waals surface area contributed by atoms with E-state index in [1.165, 1.54) is 0 Å². The van der Waals surface area contributed by atoms with Gasteiger partial charge in [0.2, 0.25) is 5.91 Å². The van der Waals surface area contributed by atoms with Crippen LogP contribution in [0.5, 0.6) is 0 Å². The lowest BCUT2D eigenvalue weighted by molar-refractivity contribution is -0.118. The van der Waals surface area contributed by atoms with E-state index in [0.29, 0.717) is 12.1 Å². The van der Waals surface area contributed by atoms with Gasteiger partial charge in [0, 0.05) is 30.4 Å². The summed E-state index contributed by atoms with van der Waals surface area (Å²) in [7, 11) is 1.79. The van der Waals surface area contributed by atoms with Crippen LogP contribution in [0.15, 0.2) is 24.3 Å². The van der Waals surface area contributed by atoms with E-state index in [4.69, 9.17) is 4.74 Å². The molecule has 0 spiro atoms. The molecular formula is C17H26N2O2. The quantitative estimate of drug-likeness (QED) is 0.870. The number of nitrogens with one attached hydrogen (secondary N) is 2. The van der Waals surface area contributed by atoms with Crippen LogP contribution in [0, 0.1) is 5.92 Å². The fourth-order valence-electron chi connectivity index (χ4n) is 2.65. The van der Waals surface area contributed by atoms with Crippen molar-refractivity contribution in [3.05, 3.63) is 24.3 Å². The second-order valence-corrected chi connectivity index (χ2v) is 6.08. The summed E-state index contributed by atoms with van der Waals surface area (Å²) in [5.41, 5.74) is 1.92. The zero-order valence-electron chi connectivity index (χ0n) is 13.2. The molecule has 1 amide bonds. The van der Waals surface area contributed by atoms with Crippen LogP contribution in [-0.2, 0) is 9.53 Å². The normalized spacial score (nSPS) is 22.1. The first-order valence-corrected chi connectivity index (χ1v) is 7.78. The van der Waals surface area contributed by atoms with Crippen LogP contribution < -0.4 is 10.6 Å². The molecule has 1 aromatic carbocycles. The molecule has 1 saturated carbocycles. The summed E-state index contributed by atoms with van der Waals surface area (Å²) in [6.07, 6.45) is 4.89. The maximum atomic E-state index is 11.7. The molecule has 4 heteroatoms. The molecule has 116 valence electrons. The van der Waals surface area contributed by atoms with Crippen molar-refractivity contribution in [2.24, 2.45) is 5.92 Å². The zero-order valence-corrected chi connectivity index (χ0v) is 13.2. The Bertz CT molecular complexity index is 466. The Balaban J connectivity index is 1.91. The minimum atomic E-state index is -0.00839. The number of methoxy groups -OCH3 is 1. The summed E-state index contributed by atoms with van der Waals surface area (Å²) < 4.78 is 5.40. The van der Waals surface area contributed by atoms with Gasteiger partial charge in [-0.25, -0.2) is 0 Å². The molecule has 0 bridgehead atoms. The molecule has 4 nitrogen and oxygen atoms in total. The van der Waals surface area contributed by atoms with Crippen molar-refractivity contribution in [2.75, 3.05) is 17.7 Å². The predicted molar refractivity (Wildman–Crippen MR) is 86.6 cm³/mol. The number of hydrogen-bond donors (Lipinski definition) is 2. The molecule has 0 aromatic heterocycles. The minimum Gasteiger partial charge on any atom is -0.382 e. The van der Waals surface area contributed by atoms with Crippen molar-refractivity contribution in [3.8, 4) is 0 Å². The lowest BCUT2D eigenvalue weighted by Gasteiger charge is -2.29. The van der Waals surface area contributed by atoms with E-state index in [1.807, 2.05) is 38.1 Å². The summed E-state index contributed by atoms with van der Waals surface area (Å²) in [4.78, 5) is 11.7. The molecule has 1 aromatic rings. The van der Waals surface area contributed by atoms with E-state index < -0.39 is 0 Å². The van der Waals surface area contributed by atoms with Crippen molar-refractivity contribution >= 4 is 17.3 Å². The molecule has 21 heavy (non-hydrogen) atoms. The number of carbonyl (C=O) groups is 1. The van der Waals surface area contributed by atoms with Gasteiger partial charge in [0.1, 0.15) is 0 Å². The van der Waals surface area contributed by atoms with Crippen LogP contribution in [0.4, 0.5) is 11.4 Å². The second kappa shape index (κ2) is 7.46. The third kappa shape index (κ3) is 4.74. The number of ether oxygens (including phenoxy) is 1. The van der Waals surface area contributed by atoms with Gasteiger partial charge >= 0.3 is 0 Å². The summed E-state index contributed by atoms with van der Waals surface area (Å²) in [6, 6.07) is 8.44. The molecule has 0 saturated heterocycles. The first-order valence-electron chi connectivity index (χ1n) is 7.78. The van der Waals surface area contributed by atoms with Gasteiger partial charge in [0.05, 0.1) is 6.10 Å². The largest absolute Gasteiger partial charge is 0.382 e. The molecule has 0 atom stereocenters. The summed E-state index contributed by atoms with van der Waals surface area (Å²) in [5, 5.41) is 6.50. The van der Waals surface area contributed by atoms with Gasteiger partial charge in [-0.2, -0.15) is 0 Å². The maximum Gasteiger partial charge on any atom is 0.226 e. The SMILES string of the molecule is COC1CCC(Nc2cccc(NC(=O)C(C)C)c2)CC1. The molecule has 0 aliphatic heterocycles. The van der Waals surface area contributed by atoms with Gasteiger partial charge in [-0.15, -0.1) is 0 Å². The molecule has 2 N–H and O–H groups in total. The first-order chi connectivity index (χ1) is 10.1. The highest BCUT2D eigenvalue weighted by molar-refractivity contribution is 5.92. The van der Waals surface area contributed by atoms with Crippen molar-refractivity contribution in [3.63, 3.8) is 0 Å². The molecule has 1 aliphatic rings. The smallest absolute Gasteiger partial charge is 0.226 e. The third-order valence-corrected chi connectivity index (χ3v) is 4.03. The van der Waals surface area contributed by atoms with Crippen LogP contribution in [0.3, 0.4) is 0 Å². The van der Waals surface area contributed by atoms with Gasteiger partial charge in [-0.05, 0) is 43.9 Å². The van der Waals surface area contributed by atoms with Gasteiger partial charge in [-0.3, -0.25) is 4.79 Å². The Morgan fingerprint density at radius 1 is 1.19 bits per heavy atom. The summed E-state index contributed by atoms with van der Waals surface area (Å²) in [6.45, 7) is 3.79. The Morgan fingerprint density at radius 3 is 2.48 bits per heavy atom. The van der Waals surface area contributed by atoms with Gasteiger partial charge in [0.15, 0.2) is 0 Å². The second-order valence-electron chi connectivity index (χ2n) is 6.08. The Labute approximate surface area is 127 Å². The van der Waals surface area contributed by atoms with Crippen molar-refractivity contribution in [2.45, 2.75) is 51.7 Å². The Kier molecular flexibility index (Phi) is 5.62. The summed E-state index contributed by atoms with van der Waals surface area (Å²) >= 11 is 0. The topological polar surface area (TPSA) is 50.4 Å². The van der Waals surface area contributed by atoms with E-state index in [-0.39, 0.29) is 11.8 Å². The van der Waals surface area contributed by atoms with Crippen LogP contribution >= 0.6 is 0 Å². The molecule has 0 heterocycles. The predicted octanol–water partition coefficient (Wildman–Crippen LogP) is 3.65. The number of carbonyl (C=O) groups excluding carboxylic acids is 1. The van der Waals surface area contributed by atoms with E-state index in [9.17, 15) is 4.79 Å². The monoisotopic (exact) mass is 290 g/mol. The van der Waals surface area contributed by atoms with Crippen molar-refractivity contribution in [1.82, 2.24) is 0 Å². The van der Waals surface area contributed by atoms with Crippen LogP contribution in [0.1, 0.15) is 39.5 Å². The van der Waals surface area contributed by atoms with Crippen LogP contribution in [-0.4, -0.2) is 25.2 Å². The van der Waals surface area contributed by atoms with Crippen LogP contribution in [0.2, 0.25) is 0 Å². The Morgan fingerprint density at radius 2 is 1.86 bits per heavy atom. The molecule has 2 rings (SSSR count). The lowest BCUT2D eigenvalue weighted by atomic mass is 9.93. The fraction of sp³-hybridized carbons (Fsp3) is 0.588. The van der Waals surface area contributed by atoms with E-state index in [0.717, 1.165) is 37.1 Å². The number of rotatable bonds is 5. The van der Waals surface area contributed by atoms with Gasteiger partial charge in [0.25, 0.3) is 0 Å². The van der Waals surface area contributed by atoms with Crippen molar-refractivity contribution < 1.29 is 9.53 Å². The summed E-state index contributed by atoms with van der Waals surface area (Å²) in [5.74, 6) is 0.0405. The number of benzene rings is 1. The molecular weight excluding hydrogens is 264 g/mol. The average molecular weight is 290 g/mol. The van der Waals surface area contributed by atoms with Gasteiger partial charge in [-0.1, -0.05) is 19.9 Å². The molecule has 0 unspecified atom stereocenters. The van der Waals surface area contributed by atoms with Gasteiger partial charge < -0.3 is 15.4 Å². The fourth-order valence-corrected chi connectivity index (χ4v) is 2.65. The standard InChI is InChI=1S/C17H26N2O2/c1-12(2)17(20)19-15-6-4-5-14(11-15)18-13-7-9-16(21-3)10-8-13/h4-6,11-13,16,18H,7-10H2,1-3H3,(H,19,20). The van der Waals surface area contributed by atoms with E-state index in [2.05, 4.69) is 10.6 Å². The number of hydrogen-bond acceptors (Lipinski definition) is 3. The Hall–Kier alpha value is -1.55. The average Bonchev–Trinajstić information content (AvgIpc) is 2.48. The highest BCUT2D eigenvalue weighted by atomic mass is 16.5. The highest BCUT2D eigenvalue weighted by Crippen LogP contribution is 2.25.